The standard InChI is InChI=1S/C21H26ClFN4O4S/c22-17-11-15(25-18-3-1-2-14-4-5-19(18)24-14)10-16(20(17)23)21(28)26-27-32(29,30)12-13-6-8-31-9-7-13/h2,10-11,13,24-25,27H,1,3-9,12H2,(H,26,28). The fraction of sp³-hybridized carbons (Fsp3) is 0.476. The number of sulfonamides is 1. The molecule has 0 spiro atoms. The van der Waals surface area contributed by atoms with Gasteiger partial charge in [-0.15, -0.1) is 4.83 Å². The molecule has 4 rings (SSSR count). The molecule has 2 fully saturated rings. The van der Waals surface area contributed by atoms with Crippen LogP contribution in [-0.2, 0) is 14.8 Å². The first-order chi connectivity index (χ1) is 15.3. The Morgan fingerprint density at radius 2 is 2.00 bits per heavy atom. The number of amides is 1. The number of carbonyl (C=O) groups excluding carboxylic acids is 1. The van der Waals surface area contributed by atoms with Gasteiger partial charge in [0.05, 0.1) is 16.3 Å². The molecule has 2 saturated heterocycles. The number of carbonyl (C=O) groups is 1. The second-order valence-electron chi connectivity index (χ2n) is 8.19. The van der Waals surface area contributed by atoms with Crippen LogP contribution < -0.4 is 20.9 Å². The number of anilines is 1. The first-order valence-electron chi connectivity index (χ1n) is 10.6. The minimum Gasteiger partial charge on any atom is -0.381 e. The van der Waals surface area contributed by atoms with Crippen LogP contribution in [0.2, 0.25) is 5.02 Å². The van der Waals surface area contributed by atoms with E-state index in [1.165, 1.54) is 17.8 Å². The van der Waals surface area contributed by atoms with Crippen LogP contribution in [-0.4, -0.2) is 33.3 Å². The zero-order valence-electron chi connectivity index (χ0n) is 17.5. The lowest BCUT2D eigenvalue weighted by Crippen LogP contribution is -2.44. The third-order valence-electron chi connectivity index (χ3n) is 5.79. The molecule has 11 heteroatoms. The molecule has 3 aliphatic rings. The van der Waals surface area contributed by atoms with Crippen LogP contribution in [0.5, 0.6) is 0 Å². The van der Waals surface area contributed by atoms with Gasteiger partial charge in [-0.3, -0.25) is 10.2 Å². The first-order valence-corrected chi connectivity index (χ1v) is 12.7. The molecule has 1 amide bonds. The summed E-state index contributed by atoms with van der Waals surface area (Å²) < 4.78 is 44.4. The number of hydrogen-bond acceptors (Lipinski definition) is 6. The van der Waals surface area contributed by atoms with Crippen molar-refractivity contribution in [2.45, 2.75) is 38.5 Å². The van der Waals surface area contributed by atoms with Crippen LogP contribution in [0.4, 0.5) is 10.1 Å². The third kappa shape index (κ3) is 5.61. The van der Waals surface area contributed by atoms with Gasteiger partial charge in [0.1, 0.15) is 0 Å². The number of allylic oxidation sites excluding steroid dienone is 4. The normalized spacial score (nSPS) is 19.2. The monoisotopic (exact) mass is 484 g/mol. The molecule has 2 bridgehead atoms. The molecule has 4 N–H and O–H groups in total. The van der Waals surface area contributed by atoms with Gasteiger partial charge in [0.25, 0.3) is 5.91 Å². The van der Waals surface area contributed by atoms with Crippen molar-refractivity contribution in [3.8, 4) is 0 Å². The maximum absolute atomic E-state index is 14.6. The van der Waals surface area contributed by atoms with Crippen molar-refractivity contribution in [1.29, 1.82) is 0 Å². The zero-order valence-corrected chi connectivity index (χ0v) is 19.0. The summed E-state index contributed by atoms with van der Waals surface area (Å²) in [4.78, 5) is 14.6. The summed E-state index contributed by atoms with van der Waals surface area (Å²) in [6, 6.07) is 2.73. The molecule has 8 nitrogen and oxygen atoms in total. The highest BCUT2D eigenvalue weighted by Crippen LogP contribution is 2.31. The van der Waals surface area contributed by atoms with Crippen LogP contribution in [0.25, 0.3) is 0 Å². The number of fused-ring (bicyclic) bond motifs is 2. The van der Waals surface area contributed by atoms with Gasteiger partial charge in [-0.25, -0.2) is 12.8 Å². The van der Waals surface area contributed by atoms with Gasteiger partial charge in [-0.05, 0) is 56.6 Å². The second kappa shape index (κ2) is 9.78. The number of rotatable bonds is 7. The number of halogens is 2. The fourth-order valence-electron chi connectivity index (χ4n) is 4.09. The summed E-state index contributed by atoms with van der Waals surface area (Å²) in [5, 5.41) is 6.37. The molecule has 32 heavy (non-hydrogen) atoms. The summed E-state index contributed by atoms with van der Waals surface area (Å²) in [7, 11) is -3.78. The Morgan fingerprint density at radius 1 is 1.22 bits per heavy atom. The van der Waals surface area contributed by atoms with Crippen molar-refractivity contribution >= 4 is 33.2 Å². The fourth-order valence-corrected chi connectivity index (χ4v) is 5.60. The Bertz CT molecular complexity index is 1070. The van der Waals surface area contributed by atoms with Crippen LogP contribution in [0, 0.1) is 11.7 Å². The molecular weight excluding hydrogens is 459 g/mol. The van der Waals surface area contributed by atoms with Crippen molar-refractivity contribution in [3.05, 3.63) is 51.7 Å². The highest BCUT2D eigenvalue weighted by molar-refractivity contribution is 7.89. The zero-order chi connectivity index (χ0) is 22.7. The maximum atomic E-state index is 14.6. The average Bonchev–Trinajstić information content (AvgIpc) is 3.13. The summed E-state index contributed by atoms with van der Waals surface area (Å²) in [5.41, 5.74) is 5.42. The van der Waals surface area contributed by atoms with E-state index >= 15 is 0 Å². The van der Waals surface area contributed by atoms with Crippen LogP contribution in [0.1, 0.15) is 48.9 Å². The van der Waals surface area contributed by atoms with E-state index in [1.807, 2.05) is 0 Å². The average molecular weight is 485 g/mol. The van der Waals surface area contributed by atoms with Gasteiger partial charge in [-0.2, -0.15) is 0 Å². The van der Waals surface area contributed by atoms with E-state index in [0.29, 0.717) is 31.7 Å². The molecule has 0 aromatic heterocycles. The van der Waals surface area contributed by atoms with Gasteiger partial charge in [0, 0.05) is 36.0 Å². The van der Waals surface area contributed by atoms with Crippen LogP contribution in [0.15, 0.2) is 35.3 Å². The second-order valence-corrected chi connectivity index (χ2v) is 10.4. The minimum atomic E-state index is -3.78. The lowest BCUT2D eigenvalue weighted by Gasteiger charge is -2.21. The lowest BCUT2D eigenvalue weighted by molar-refractivity contribution is 0.0722. The third-order valence-corrected chi connectivity index (χ3v) is 7.39. The molecule has 1 aromatic carbocycles. The summed E-state index contributed by atoms with van der Waals surface area (Å²) in [6.45, 7) is 1.03. The smallest absolute Gasteiger partial charge is 0.269 e. The molecule has 174 valence electrons. The topological polar surface area (TPSA) is 109 Å². The Kier molecular flexibility index (Phi) is 7.04. The molecule has 0 saturated carbocycles. The van der Waals surface area contributed by atoms with Crippen LogP contribution >= 0.6 is 11.6 Å². The van der Waals surface area contributed by atoms with Gasteiger partial charge < -0.3 is 15.4 Å². The lowest BCUT2D eigenvalue weighted by atomic mass is 10.0. The summed E-state index contributed by atoms with van der Waals surface area (Å²) in [5.74, 6) is -2.03. The molecule has 0 aliphatic carbocycles. The van der Waals surface area contributed by atoms with Gasteiger partial charge in [0.2, 0.25) is 10.0 Å². The molecule has 0 unspecified atom stereocenters. The Hall–Kier alpha value is -2.14. The molecule has 3 aliphatic heterocycles. The van der Waals surface area contributed by atoms with E-state index < -0.39 is 21.7 Å². The molecular formula is C21H26ClFN4O4S. The maximum Gasteiger partial charge on any atom is 0.269 e. The highest BCUT2D eigenvalue weighted by atomic mass is 35.5. The van der Waals surface area contributed by atoms with Crippen molar-refractivity contribution in [2.24, 2.45) is 5.92 Å². The molecule has 0 atom stereocenters. The number of nitrogens with one attached hydrogen (secondary N) is 4. The molecule has 3 heterocycles. The van der Waals surface area contributed by atoms with Gasteiger partial charge >= 0.3 is 0 Å². The molecule has 1 aromatic rings. The van der Waals surface area contributed by atoms with Crippen LogP contribution in [0.3, 0.4) is 0 Å². The molecule has 0 radical (unpaired) electrons. The predicted molar refractivity (Wildman–Crippen MR) is 120 cm³/mol. The first kappa shape index (κ1) is 23.0. The summed E-state index contributed by atoms with van der Waals surface area (Å²) in [6.07, 6.45) is 6.90. The minimum absolute atomic E-state index is 0.0508. The van der Waals surface area contributed by atoms with E-state index in [1.54, 1.807) is 0 Å². The predicted octanol–water partition coefficient (Wildman–Crippen LogP) is 3.15. The van der Waals surface area contributed by atoms with Gasteiger partial charge in [-0.1, -0.05) is 17.7 Å². The Balaban J connectivity index is 1.44. The van der Waals surface area contributed by atoms with E-state index in [2.05, 4.69) is 27.0 Å². The number of benzene rings is 1. The largest absolute Gasteiger partial charge is 0.381 e. The quantitative estimate of drug-likeness (QED) is 0.443. The van der Waals surface area contributed by atoms with E-state index in [4.69, 9.17) is 16.3 Å². The van der Waals surface area contributed by atoms with Gasteiger partial charge in [0.15, 0.2) is 5.82 Å². The number of ether oxygens (including phenoxy) is 1. The Morgan fingerprint density at radius 3 is 2.78 bits per heavy atom. The number of hydrogen-bond donors (Lipinski definition) is 4. The van der Waals surface area contributed by atoms with Crippen molar-refractivity contribution in [1.82, 2.24) is 15.6 Å². The van der Waals surface area contributed by atoms with Crippen molar-refractivity contribution < 1.29 is 22.3 Å². The van der Waals surface area contributed by atoms with E-state index in [-0.39, 0.29) is 22.3 Å². The SMILES string of the molecule is O=C(NNS(=O)(=O)CC1CCOCC1)c1cc(NC2=C3CCC(=CCC2)N3)cc(Cl)c1F. The van der Waals surface area contributed by atoms with Crippen molar-refractivity contribution in [3.63, 3.8) is 0 Å². The van der Waals surface area contributed by atoms with Crippen molar-refractivity contribution in [2.75, 3.05) is 24.3 Å². The highest BCUT2D eigenvalue weighted by Gasteiger charge is 2.24. The van der Waals surface area contributed by atoms with E-state index in [9.17, 15) is 17.6 Å². The number of hydrazine groups is 1. The Labute approximate surface area is 191 Å². The summed E-state index contributed by atoms with van der Waals surface area (Å²) >= 11 is 6.02. The van der Waals surface area contributed by atoms with E-state index in [0.717, 1.165) is 37.1 Å².